The molecule has 0 aromatic heterocycles. The van der Waals surface area contributed by atoms with Crippen molar-refractivity contribution in [2.75, 3.05) is 26.7 Å². The van der Waals surface area contributed by atoms with E-state index < -0.39 is 0 Å². The number of carbonyl (C=O) groups excluding carboxylic acids is 1. The van der Waals surface area contributed by atoms with E-state index in [9.17, 15) is 4.79 Å². The maximum atomic E-state index is 11.9. The lowest BCUT2D eigenvalue weighted by Gasteiger charge is -2.41. The third kappa shape index (κ3) is 3.48. The summed E-state index contributed by atoms with van der Waals surface area (Å²) in [6.07, 6.45) is 3.17. The molecule has 0 aliphatic rings. The lowest BCUT2D eigenvalue weighted by Crippen LogP contribution is -2.58. The van der Waals surface area contributed by atoms with Gasteiger partial charge >= 0.3 is 5.97 Å². The van der Waals surface area contributed by atoms with Gasteiger partial charge in [0.15, 0.2) is 6.04 Å². The summed E-state index contributed by atoms with van der Waals surface area (Å²) in [6, 6.07) is 0.0185. The number of hydrogen-bond donors (Lipinski definition) is 0. The van der Waals surface area contributed by atoms with Crippen molar-refractivity contribution in [3.8, 4) is 0 Å². The number of rotatable bonds is 8. The van der Waals surface area contributed by atoms with Crippen LogP contribution in [0.2, 0.25) is 0 Å². The van der Waals surface area contributed by atoms with Crippen molar-refractivity contribution in [3.05, 3.63) is 0 Å². The molecule has 0 amide bonds. The van der Waals surface area contributed by atoms with Crippen LogP contribution in [0, 0.1) is 0 Å². The summed E-state index contributed by atoms with van der Waals surface area (Å²) in [6.45, 7) is 11.6. The zero-order valence-electron chi connectivity index (χ0n) is 11.6. The van der Waals surface area contributed by atoms with E-state index in [1.165, 1.54) is 7.11 Å². The number of carbonyl (C=O) groups is 1. The van der Waals surface area contributed by atoms with E-state index in [1.54, 1.807) is 0 Å². The van der Waals surface area contributed by atoms with Crippen LogP contribution in [0.25, 0.3) is 0 Å². The van der Waals surface area contributed by atoms with Gasteiger partial charge < -0.3 is 9.22 Å². The highest BCUT2D eigenvalue weighted by Crippen LogP contribution is 2.20. The Balaban J connectivity index is 4.87. The topological polar surface area (TPSA) is 26.3 Å². The molecule has 0 heterocycles. The molecule has 0 bridgehead atoms. The van der Waals surface area contributed by atoms with Crippen LogP contribution in [-0.4, -0.2) is 43.2 Å². The van der Waals surface area contributed by atoms with E-state index >= 15 is 0 Å². The Morgan fingerprint density at radius 1 is 1.12 bits per heavy atom. The van der Waals surface area contributed by atoms with Gasteiger partial charge in [-0.05, 0) is 27.2 Å². The summed E-state index contributed by atoms with van der Waals surface area (Å²) in [4.78, 5) is 11.9. The Kier molecular flexibility index (Phi) is 7.39. The summed E-state index contributed by atoms with van der Waals surface area (Å²) in [5, 5.41) is 0. The van der Waals surface area contributed by atoms with Gasteiger partial charge in [-0.25, -0.2) is 4.79 Å². The lowest BCUT2D eigenvalue weighted by molar-refractivity contribution is -0.939. The fraction of sp³-hybridized carbons (Fsp3) is 0.923. The third-order valence-electron chi connectivity index (χ3n) is 3.85. The molecule has 0 aromatic rings. The highest BCUT2D eigenvalue weighted by atomic mass is 16.5. The molecule has 0 aliphatic heterocycles. The molecule has 96 valence electrons. The number of ether oxygens (including phenoxy) is 1. The fourth-order valence-corrected chi connectivity index (χ4v) is 2.48. The molecular formula is C13H28NO2+. The van der Waals surface area contributed by atoms with Crippen LogP contribution in [0.15, 0.2) is 0 Å². The summed E-state index contributed by atoms with van der Waals surface area (Å²) >= 11 is 0. The Hall–Kier alpha value is -0.570. The summed E-state index contributed by atoms with van der Waals surface area (Å²) in [5.41, 5.74) is 0. The summed E-state index contributed by atoms with van der Waals surface area (Å²) in [7, 11) is 1.50. The Morgan fingerprint density at radius 2 is 1.62 bits per heavy atom. The minimum absolute atomic E-state index is 0.0185. The first-order chi connectivity index (χ1) is 7.61. The van der Waals surface area contributed by atoms with Gasteiger partial charge in [0.25, 0.3) is 0 Å². The standard InChI is InChI=1S/C13H28NO2/c1-6-10-11-12(13(15)16-5)14(7-2,8-3)9-4/h12H,6-11H2,1-5H3/q+1. The molecule has 0 rings (SSSR count). The maximum absolute atomic E-state index is 11.9. The fourth-order valence-electron chi connectivity index (χ4n) is 2.48. The quantitative estimate of drug-likeness (QED) is 0.473. The second kappa shape index (κ2) is 7.66. The number of unbranched alkanes of at least 4 members (excludes halogenated alkanes) is 1. The number of quaternary nitrogens is 1. The highest BCUT2D eigenvalue weighted by Gasteiger charge is 2.38. The first kappa shape index (κ1) is 15.4. The number of nitrogens with zero attached hydrogens (tertiary/aromatic N) is 1. The van der Waals surface area contributed by atoms with E-state index in [-0.39, 0.29) is 12.0 Å². The third-order valence-corrected chi connectivity index (χ3v) is 3.85. The molecule has 0 radical (unpaired) electrons. The van der Waals surface area contributed by atoms with Gasteiger partial charge in [0, 0.05) is 6.42 Å². The van der Waals surface area contributed by atoms with Crippen LogP contribution >= 0.6 is 0 Å². The number of hydrogen-bond acceptors (Lipinski definition) is 2. The monoisotopic (exact) mass is 230 g/mol. The van der Waals surface area contributed by atoms with Gasteiger partial charge in [-0.15, -0.1) is 0 Å². The molecular weight excluding hydrogens is 202 g/mol. The molecule has 0 saturated heterocycles. The molecule has 3 nitrogen and oxygen atoms in total. The normalized spacial score (nSPS) is 13.6. The molecule has 0 fully saturated rings. The Morgan fingerprint density at radius 3 is 1.94 bits per heavy atom. The van der Waals surface area contributed by atoms with Crippen molar-refractivity contribution < 1.29 is 14.0 Å². The lowest BCUT2D eigenvalue weighted by atomic mass is 10.0. The minimum Gasteiger partial charge on any atom is -0.465 e. The van der Waals surface area contributed by atoms with E-state index in [1.807, 2.05) is 0 Å². The van der Waals surface area contributed by atoms with Gasteiger partial charge in [-0.1, -0.05) is 13.3 Å². The van der Waals surface area contributed by atoms with Crippen molar-refractivity contribution in [3.63, 3.8) is 0 Å². The van der Waals surface area contributed by atoms with E-state index in [0.29, 0.717) is 0 Å². The second-order valence-corrected chi connectivity index (χ2v) is 4.35. The summed E-state index contributed by atoms with van der Waals surface area (Å²) in [5.74, 6) is -0.0426. The predicted octanol–water partition coefficient (Wildman–Crippen LogP) is 2.59. The summed E-state index contributed by atoms with van der Waals surface area (Å²) < 4.78 is 5.82. The van der Waals surface area contributed by atoms with Crippen LogP contribution in [0.4, 0.5) is 0 Å². The molecule has 1 unspecified atom stereocenters. The van der Waals surface area contributed by atoms with Crippen LogP contribution in [0.5, 0.6) is 0 Å². The first-order valence-corrected chi connectivity index (χ1v) is 6.55. The first-order valence-electron chi connectivity index (χ1n) is 6.55. The van der Waals surface area contributed by atoms with E-state index in [4.69, 9.17) is 4.74 Å². The molecule has 0 aromatic carbocycles. The van der Waals surface area contributed by atoms with Gasteiger partial charge in [0.2, 0.25) is 0 Å². The second-order valence-electron chi connectivity index (χ2n) is 4.35. The van der Waals surface area contributed by atoms with Gasteiger partial charge in [-0.3, -0.25) is 0 Å². The predicted molar refractivity (Wildman–Crippen MR) is 67.2 cm³/mol. The van der Waals surface area contributed by atoms with Crippen molar-refractivity contribution in [1.29, 1.82) is 0 Å². The van der Waals surface area contributed by atoms with Crippen LogP contribution < -0.4 is 0 Å². The average molecular weight is 230 g/mol. The zero-order valence-corrected chi connectivity index (χ0v) is 11.6. The smallest absolute Gasteiger partial charge is 0.364 e. The number of esters is 1. The molecule has 0 aliphatic carbocycles. The molecule has 16 heavy (non-hydrogen) atoms. The molecule has 1 atom stereocenters. The van der Waals surface area contributed by atoms with Crippen molar-refractivity contribution in [2.24, 2.45) is 0 Å². The SMILES string of the molecule is CCCCC(C(=O)OC)[N+](CC)(CC)CC. The Bertz CT molecular complexity index is 192. The van der Waals surface area contributed by atoms with Crippen molar-refractivity contribution in [1.82, 2.24) is 0 Å². The van der Waals surface area contributed by atoms with Crippen molar-refractivity contribution in [2.45, 2.75) is 53.0 Å². The van der Waals surface area contributed by atoms with Crippen LogP contribution in [-0.2, 0) is 9.53 Å². The minimum atomic E-state index is -0.0426. The highest BCUT2D eigenvalue weighted by molar-refractivity contribution is 5.74. The van der Waals surface area contributed by atoms with Gasteiger partial charge in [-0.2, -0.15) is 0 Å². The zero-order chi connectivity index (χ0) is 12.6. The van der Waals surface area contributed by atoms with Gasteiger partial charge in [0.05, 0.1) is 26.7 Å². The maximum Gasteiger partial charge on any atom is 0.364 e. The number of likely N-dealkylation sites (N-methyl/N-ethyl adjacent to an activating group) is 1. The van der Waals surface area contributed by atoms with E-state index in [2.05, 4.69) is 27.7 Å². The molecule has 0 N–H and O–H groups in total. The van der Waals surface area contributed by atoms with Gasteiger partial charge in [0.1, 0.15) is 0 Å². The average Bonchev–Trinajstić information content (AvgIpc) is 2.34. The number of methoxy groups -OCH3 is 1. The largest absolute Gasteiger partial charge is 0.465 e. The Labute approximate surface area is 100 Å². The molecule has 0 spiro atoms. The van der Waals surface area contributed by atoms with Crippen LogP contribution in [0.3, 0.4) is 0 Å². The van der Waals surface area contributed by atoms with Crippen LogP contribution in [0.1, 0.15) is 47.0 Å². The van der Waals surface area contributed by atoms with E-state index in [0.717, 1.165) is 43.4 Å². The molecule has 3 heteroatoms. The molecule has 0 saturated carbocycles. The van der Waals surface area contributed by atoms with Crippen molar-refractivity contribution >= 4 is 5.97 Å².